The standard InChI is InChI=1S/C16H16BrFO3/c1-10(19)14-5-4-13(8-15(14)18)21-9-11-7-12(17)3-6-16(11)20-2/h3-8,10,19H,9H2,1-2H3/t10-/m1/s1. The second kappa shape index (κ2) is 6.91. The van der Waals surface area contributed by atoms with Gasteiger partial charge < -0.3 is 14.6 Å². The molecule has 3 nitrogen and oxygen atoms in total. The summed E-state index contributed by atoms with van der Waals surface area (Å²) in [5.41, 5.74) is 1.11. The molecule has 0 aliphatic rings. The molecule has 0 aromatic heterocycles. The second-order valence-electron chi connectivity index (χ2n) is 4.60. The maximum Gasteiger partial charge on any atom is 0.132 e. The summed E-state index contributed by atoms with van der Waals surface area (Å²) in [4.78, 5) is 0. The molecular formula is C16H16BrFO3. The van der Waals surface area contributed by atoms with Crippen LogP contribution in [-0.2, 0) is 6.61 Å². The lowest BCUT2D eigenvalue weighted by Gasteiger charge is -2.12. The van der Waals surface area contributed by atoms with Crippen molar-refractivity contribution in [3.63, 3.8) is 0 Å². The number of rotatable bonds is 5. The van der Waals surface area contributed by atoms with Gasteiger partial charge in [0.2, 0.25) is 0 Å². The van der Waals surface area contributed by atoms with Crippen LogP contribution in [0.2, 0.25) is 0 Å². The minimum atomic E-state index is -0.843. The first-order valence-electron chi connectivity index (χ1n) is 6.44. The third kappa shape index (κ3) is 3.95. The van der Waals surface area contributed by atoms with Gasteiger partial charge in [-0.1, -0.05) is 15.9 Å². The van der Waals surface area contributed by atoms with Gasteiger partial charge in [-0.05, 0) is 37.3 Å². The molecule has 0 spiro atoms. The van der Waals surface area contributed by atoms with Crippen LogP contribution in [0.15, 0.2) is 40.9 Å². The molecule has 1 N–H and O–H groups in total. The van der Waals surface area contributed by atoms with Crippen LogP contribution in [0.1, 0.15) is 24.2 Å². The second-order valence-corrected chi connectivity index (χ2v) is 5.52. The van der Waals surface area contributed by atoms with Crippen molar-refractivity contribution < 1.29 is 19.0 Å². The molecule has 0 amide bonds. The summed E-state index contributed by atoms with van der Waals surface area (Å²) >= 11 is 3.39. The highest BCUT2D eigenvalue weighted by atomic mass is 79.9. The molecule has 5 heteroatoms. The molecular weight excluding hydrogens is 339 g/mol. The summed E-state index contributed by atoms with van der Waals surface area (Å²) in [7, 11) is 1.59. The van der Waals surface area contributed by atoms with E-state index in [0.717, 1.165) is 10.0 Å². The fraction of sp³-hybridized carbons (Fsp3) is 0.250. The van der Waals surface area contributed by atoms with E-state index in [4.69, 9.17) is 9.47 Å². The first-order chi connectivity index (χ1) is 10.0. The Morgan fingerprint density at radius 1 is 1.24 bits per heavy atom. The van der Waals surface area contributed by atoms with E-state index in [0.29, 0.717) is 11.5 Å². The molecule has 0 radical (unpaired) electrons. The quantitative estimate of drug-likeness (QED) is 0.873. The van der Waals surface area contributed by atoms with Crippen LogP contribution in [0.5, 0.6) is 11.5 Å². The van der Waals surface area contributed by atoms with Crippen LogP contribution in [0.3, 0.4) is 0 Å². The monoisotopic (exact) mass is 354 g/mol. The van der Waals surface area contributed by atoms with E-state index in [1.54, 1.807) is 13.2 Å². The molecule has 0 bridgehead atoms. The van der Waals surface area contributed by atoms with Crippen molar-refractivity contribution in [1.82, 2.24) is 0 Å². The Labute approximate surface area is 131 Å². The van der Waals surface area contributed by atoms with E-state index in [2.05, 4.69) is 15.9 Å². The Kier molecular flexibility index (Phi) is 5.20. The number of hydrogen-bond donors (Lipinski definition) is 1. The zero-order valence-corrected chi connectivity index (χ0v) is 13.4. The molecule has 0 saturated carbocycles. The summed E-state index contributed by atoms with van der Waals surface area (Å²) in [6, 6.07) is 10.0. The Balaban J connectivity index is 2.13. The molecule has 2 rings (SSSR count). The first kappa shape index (κ1) is 15.8. The third-order valence-corrected chi connectivity index (χ3v) is 3.55. The van der Waals surface area contributed by atoms with Crippen molar-refractivity contribution in [2.75, 3.05) is 7.11 Å². The van der Waals surface area contributed by atoms with Crippen LogP contribution in [0.25, 0.3) is 0 Å². The van der Waals surface area contributed by atoms with Crippen LogP contribution in [0, 0.1) is 5.82 Å². The van der Waals surface area contributed by atoms with Crippen LogP contribution in [-0.4, -0.2) is 12.2 Å². The summed E-state index contributed by atoms with van der Waals surface area (Å²) in [6.45, 7) is 1.78. The largest absolute Gasteiger partial charge is 0.496 e. The third-order valence-electron chi connectivity index (χ3n) is 3.06. The zero-order valence-electron chi connectivity index (χ0n) is 11.8. The predicted octanol–water partition coefficient (Wildman–Crippen LogP) is 4.23. The first-order valence-corrected chi connectivity index (χ1v) is 7.23. The topological polar surface area (TPSA) is 38.7 Å². The van der Waals surface area contributed by atoms with Gasteiger partial charge in [-0.3, -0.25) is 0 Å². The zero-order chi connectivity index (χ0) is 15.4. The highest BCUT2D eigenvalue weighted by Crippen LogP contribution is 2.26. The van der Waals surface area contributed by atoms with E-state index < -0.39 is 11.9 Å². The number of hydrogen-bond acceptors (Lipinski definition) is 3. The van der Waals surface area contributed by atoms with Gasteiger partial charge in [0.1, 0.15) is 23.9 Å². The van der Waals surface area contributed by atoms with Crippen molar-refractivity contribution in [3.8, 4) is 11.5 Å². The van der Waals surface area contributed by atoms with Crippen LogP contribution < -0.4 is 9.47 Å². The molecule has 0 unspecified atom stereocenters. The van der Waals surface area contributed by atoms with E-state index >= 15 is 0 Å². The summed E-state index contributed by atoms with van der Waals surface area (Å²) < 4.78 is 25.5. The summed E-state index contributed by atoms with van der Waals surface area (Å²) in [5.74, 6) is 0.627. The average molecular weight is 355 g/mol. The number of ether oxygens (including phenoxy) is 2. The van der Waals surface area contributed by atoms with E-state index in [9.17, 15) is 9.50 Å². The molecule has 0 aliphatic heterocycles. The summed E-state index contributed by atoms with van der Waals surface area (Å²) in [5, 5.41) is 9.40. The molecule has 21 heavy (non-hydrogen) atoms. The average Bonchev–Trinajstić information content (AvgIpc) is 2.45. The Hall–Kier alpha value is -1.59. The predicted molar refractivity (Wildman–Crippen MR) is 82.1 cm³/mol. The number of aliphatic hydroxyl groups excluding tert-OH is 1. The van der Waals surface area contributed by atoms with Gasteiger partial charge in [0.15, 0.2) is 0 Å². The van der Waals surface area contributed by atoms with Gasteiger partial charge in [-0.2, -0.15) is 0 Å². The minimum Gasteiger partial charge on any atom is -0.496 e. The Morgan fingerprint density at radius 3 is 2.62 bits per heavy atom. The highest BCUT2D eigenvalue weighted by molar-refractivity contribution is 9.10. The SMILES string of the molecule is COc1ccc(Br)cc1COc1ccc([C@@H](C)O)c(F)c1. The molecule has 0 aliphatic carbocycles. The van der Waals surface area contributed by atoms with E-state index in [1.807, 2.05) is 18.2 Å². The number of benzene rings is 2. The molecule has 0 saturated heterocycles. The molecule has 0 fully saturated rings. The Morgan fingerprint density at radius 2 is 2.00 bits per heavy atom. The van der Waals surface area contributed by atoms with Gasteiger partial charge in [0, 0.05) is 21.7 Å². The van der Waals surface area contributed by atoms with Crippen molar-refractivity contribution in [1.29, 1.82) is 0 Å². The van der Waals surface area contributed by atoms with Crippen molar-refractivity contribution in [2.45, 2.75) is 19.6 Å². The maximum atomic E-state index is 13.8. The normalized spacial score (nSPS) is 12.0. The molecule has 2 aromatic rings. The smallest absolute Gasteiger partial charge is 0.132 e. The fourth-order valence-electron chi connectivity index (χ4n) is 1.96. The van der Waals surface area contributed by atoms with Crippen molar-refractivity contribution in [3.05, 3.63) is 57.8 Å². The molecule has 112 valence electrons. The number of aliphatic hydroxyl groups is 1. The highest BCUT2D eigenvalue weighted by Gasteiger charge is 2.10. The van der Waals surface area contributed by atoms with Gasteiger partial charge in [0.25, 0.3) is 0 Å². The van der Waals surface area contributed by atoms with Gasteiger partial charge >= 0.3 is 0 Å². The van der Waals surface area contributed by atoms with Crippen molar-refractivity contribution in [2.24, 2.45) is 0 Å². The van der Waals surface area contributed by atoms with Gasteiger partial charge in [-0.25, -0.2) is 4.39 Å². The van der Waals surface area contributed by atoms with Gasteiger partial charge in [0.05, 0.1) is 13.2 Å². The number of methoxy groups -OCH3 is 1. The van der Waals surface area contributed by atoms with Crippen LogP contribution >= 0.6 is 15.9 Å². The lowest BCUT2D eigenvalue weighted by atomic mass is 10.1. The molecule has 1 atom stereocenters. The van der Waals surface area contributed by atoms with Crippen molar-refractivity contribution >= 4 is 15.9 Å². The van der Waals surface area contributed by atoms with E-state index in [1.165, 1.54) is 19.1 Å². The molecule has 2 aromatic carbocycles. The number of halogens is 2. The lowest BCUT2D eigenvalue weighted by Crippen LogP contribution is -2.01. The van der Waals surface area contributed by atoms with Gasteiger partial charge in [-0.15, -0.1) is 0 Å². The fourth-order valence-corrected chi connectivity index (χ4v) is 2.37. The molecule has 0 heterocycles. The Bertz CT molecular complexity index is 629. The van der Waals surface area contributed by atoms with E-state index in [-0.39, 0.29) is 12.2 Å². The maximum absolute atomic E-state index is 13.8. The lowest BCUT2D eigenvalue weighted by molar-refractivity contribution is 0.194. The summed E-state index contributed by atoms with van der Waals surface area (Å²) in [6.07, 6.45) is -0.843. The van der Waals surface area contributed by atoms with Crippen LogP contribution in [0.4, 0.5) is 4.39 Å². The minimum absolute atomic E-state index is 0.252.